The van der Waals surface area contributed by atoms with Crippen LogP contribution in [-0.2, 0) is 21.8 Å². The van der Waals surface area contributed by atoms with E-state index < -0.39 is 17.6 Å². The first-order chi connectivity index (χ1) is 8.01. The summed E-state index contributed by atoms with van der Waals surface area (Å²) < 4.78 is 27.5. The van der Waals surface area contributed by atoms with E-state index in [1.807, 2.05) is 13.5 Å². The van der Waals surface area contributed by atoms with Gasteiger partial charge in [-0.15, -0.1) is 0 Å². The van der Waals surface area contributed by atoms with Crippen molar-refractivity contribution < 1.29 is 21.8 Å². The third-order valence-electron chi connectivity index (χ3n) is 2.38. The predicted molar refractivity (Wildman–Crippen MR) is 69.6 cm³/mol. The van der Waals surface area contributed by atoms with Crippen LogP contribution in [0.15, 0.2) is 0 Å². The minimum absolute atomic E-state index is 0.592. The van der Waals surface area contributed by atoms with Crippen molar-refractivity contribution in [3.05, 3.63) is 0 Å². The van der Waals surface area contributed by atoms with Gasteiger partial charge in [-0.3, -0.25) is 0 Å². The van der Waals surface area contributed by atoms with E-state index in [0.29, 0.717) is 13.2 Å². The first-order valence-corrected chi connectivity index (χ1v) is 9.86. The summed E-state index contributed by atoms with van der Waals surface area (Å²) in [6, 6.07) is 0.794. The van der Waals surface area contributed by atoms with E-state index in [1.165, 1.54) is 21.3 Å². The molecule has 1 atom stereocenters. The summed E-state index contributed by atoms with van der Waals surface area (Å²) in [5.41, 5.74) is 5.52. The van der Waals surface area contributed by atoms with Crippen LogP contribution >= 0.6 is 0 Å². The monoisotopic (exact) mass is 283 g/mol. The van der Waals surface area contributed by atoms with Crippen molar-refractivity contribution in [3.8, 4) is 0 Å². The lowest BCUT2D eigenvalue weighted by Crippen LogP contribution is -2.56. The van der Waals surface area contributed by atoms with Gasteiger partial charge in [0.15, 0.2) is 0 Å². The zero-order valence-corrected chi connectivity index (χ0v) is 13.4. The summed E-state index contributed by atoms with van der Waals surface area (Å²) >= 11 is 0. The summed E-state index contributed by atoms with van der Waals surface area (Å²) in [7, 11) is -0.856. The van der Waals surface area contributed by atoms with Crippen molar-refractivity contribution >= 4 is 17.6 Å². The fraction of sp³-hybridized carbons (Fsp3) is 1.00. The summed E-state index contributed by atoms with van der Waals surface area (Å²) in [5, 5.41) is 0. The van der Waals surface area contributed by atoms with Gasteiger partial charge in [-0.25, -0.2) is 0 Å². The summed E-state index contributed by atoms with van der Waals surface area (Å²) in [5.74, 6) is 0. The molecule has 0 bridgehead atoms. The summed E-state index contributed by atoms with van der Waals surface area (Å²) in [6.45, 7) is 5.12. The van der Waals surface area contributed by atoms with E-state index in [2.05, 4.69) is 0 Å². The van der Waals surface area contributed by atoms with Gasteiger partial charge in [0, 0.05) is 27.9 Å². The lowest BCUT2D eigenvalue weighted by Gasteiger charge is -2.33. The van der Waals surface area contributed by atoms with Crippen LogP contribution < -0.4 is 5.73 Å². The first-order valence-electron chi connectivity index (χ1n) is 5.71. The molecule has 2 N–H and O–H groups in total. The average molecular weight is 283 g/mol. The Hall–Kier alpha value is 0.194. The molecule has 0 aliphatic carbocycles. The predicted octanol–water partition coefficient (Wildman–Crippen LogP) is 0.835. The first kappa shape index (κ1) is 17.2. The smallest absolute Gasteiger partial charge is 0.395 e. The summed E-state index contributed by atoms with van der Waals surface area (Å²) in [4.78, 5) is 0. The second-order valence-electron chi connectivity index (χ2n) is 3.67. The second-order valence-corrected chi connectivity index (χ2v) is 9.77. The quantitative estimate of drug-likeness (QED) is 0.599. The zero-order valence-electron chi connectivity index (χ0n) is 11.4. The Labute approximate surface area is 106 Å². The average Bonchev–Trinajstić information content (AvgIpc) is 2.34. The fourth-order valence-electron chi connectivity index (χ4n) is 1.52. The zero-order chi connectivity index (χ0) is 13.4. The molecule has 17 heavy (non-hydrogen) atoms. The molecule has 0 aliphatic heterocycles. The van der Waals surface area contributed by atoms with Crippen molar-refractivity contribution in [2.24, 2.45) is 5.73 Å². The standard InChI is InChI=1S/C9H25NO5Si2/c1-6-14-16(5,9-7-8-10)15-17(11-2,12-3)13-4/h6-10H2,1-5H3. The van der Waals surface area contributed by atoms with Gasteiger partial charge in [0.05, 0.1) is 0 Å². The minimum atomic E-state index is -3.04. The van der Waals surface area contributed by atoms with Crippen LogP contribution in [0.1, 0.15) is 13.3 Å². The molecule has 0 radical (unpaired) electrons. The van der Waals surface area contributed by atoms with Gasteiger partial charge in [-0.05, 0) is 32.5 Å². The maximum absolute atomic E-state index is 5.95. The number of hydrogen-bond acceptors (Lipinski definition) is 6. The molecule has 0 saturated heterocycles. The molecular formula is C9H25NO5Si2. The highest BCUT2D eigenvalue weighted by molar-refractivity contribution is 6.75. The van der Waals surface area contributed by atoms with E-state index in [-0.39, 0.29) is 0 Å². The van der Waals surface area contributed by atoms with Crippen LogP contribution in [-0.4, -0.2) is 52.1 Å². The van der Waals surface area contributed by atoms with Gasteiger partial charge < -0.3 is 27.6 Å². The molecule has 104 valence electrons. The van der Waals surface area contributed by atoms with Gasteiger partial charge in [0.1, 0.15) is 0 Å². The molecule has 0 aromatic rings. The molecule has 8 heteroatoms. The molecular weight excluding hydrogens is 258 g/mol. The molecule has 6 nitrogen and oxygen atoms in total. The van der Waals surface area contributed by atoms with Gasteiger partial charge in [-0.1, -0.05) is 0 Å². The highest BCUT2D eigenvalue weighted by Gasteiger charge is 2.50. The third-order valence-corrected chi connectivity index (χ3v) is 8.76. The maximum atomic E-state index is 5.95. The fourth-order valence-corrected chi connectivity index (χ4v) is 7.38. The molecule has 0 amide bonds. The van der Waals surface area contributed by atoms with Crippen molar-refractivity contribution in [1.29, 1.82) is 0 Å². The Morgan fingerprint density at radius 3 is 1.94 bits per heavy atom. The summed E-state index contributed by atoms with van der Waals surface area (Å²) in [6.07, 6.45) is 0.852. The highest BCUT2D eigenvalue weighted by Crippen LogP contribution is 2.22. The molecule has 0 fully saturated rings. The molecule has 1 unspecified atom stereocenters. The van der Waals surface area contributed by atoms with E-state index in [0.717, 1.165) is 12.5 Å². The Morgan fingerprint density at radius 2 is 1.59 bits per heavy atom. The lowest BCUT2D eigenvalue weighted by molar-refractivity contribution is 0.0346. The SMILES string of the molecule is CCO[Si](C)(CCCN)O[Si](OC)(OC)OC. The number of hydrogen-bond donors (Lipinski definition) is 1. The highest BCUT2D eigenvalue weighted by atomic mass is 28.5. The second kappa shape index (κ2) is 8.32. The van der Waals surface area contributed by atoms with Crippen LogP contribution in [0.2, 0.25) is 12.6 Å². The van der Waals surface area contributed by atoms with Crippen molar-refractivity contribution in [2.75, 3.05) is 34.5 Å². The molecule has 0 spiro atoms. The Bertz CT molecular complexity index is 198. The van der Waals surface area contributed by atoms with Crippen LogP contribution in [0.25, 0.3) is 0 Å². The minimum Gasteiger partial charge on any atom is -0.395 e. The Kier molecular flexibility index (Phi) is 8.42. The van der Waals surface area contributed by atoms with Crippen LogP contribution in [0.5, 0.6) is 0 Å². The van der Waals surface area contributed by atoms with Gasteiger partial charge in [-0.2, -0.15) is 0 Å². The van der Waals surface area contributed by atoms with Gasteiger partial charge >= 0.3 is 17.6 Å². The third kappa shape index (κ3) is 5.57. The van der Waals surface area contributed by atoms with Crippen LogP contribution in [0.3, 0.4) is 0 Å². The Balaban J connectivity index is 4.69. The normalized spacial score (nSPS) is 15.9. The number of rotatable bonds is 10. The Morgan fingerprint density at radius 1 is 1.06 bits per heavy atom. The van der Waals surface area contributed by atoms with Crippen molar-refractivity contribution in [3.63, 3.8) is 0 Å². The topological polar surface area (TPSA) is 72.2 Å². The molecule has 0 saturated carbocycles. The van der Waals surface area contributed by atoms with Crippen LogP contribution in [0.4, 0.5) is 0 Å². The van der Waals surface area contributed by atoms with E-state index in [4.69, 9.17) is 27.6 Å². The number of nitrogens with two attached hydrogens (primary N) is 1. The van der Waals surface area contributed by atoms with E-state index in [1.54, 1.807) is 0 Å². The van der Waals surface area contributed by atoms with Crippen LogP contribution in [0, 0.1) is 0 Å². The molecule has 0 aliphatic rings. The van der Waals surface area contributed by atoms with Crippen molar-refractivity contribution in [2.45, 2.75) is 25.9 Å². The lowest BCUT2D eigenvalue weighted by atomic mass is 10.5. The molecule has 0 aromatic heterocycles. The van der Waals surface area contributed by atoms with Gasteiger partial charge in [0.25, 0.3) is 0 Å². The maximum Gasteiger partial charge on any atom is 0.669 e. The van der Waals surface area contributed by atoms with Gasteiger partial charge in [0.2, 0.25) is 0 Å². The largest absolute Gasteiger partial charge is 0.669 e. The molecule has 0 heterocycles. The molecule has 0 rings (SSSR count). The van der Waals surface area contributed by atoms with E-state index >= 15 is 0 Å². The molecule has 0 aromatic carbocycles. The van der Waals surface area contributed by atoms with E-state index in [9.17, 15) is 0 Å². The van der Waals surface area contributed by atoms with Crippen molar-refractivity contribution in [1.82, 2.24) is 0 Å².